The summed E-state index contributed by atoms with van der Waals surface area (Å²) in [6, 6.07) is 5.58. The Morgan fingerprint density at radius 1 is 1.15 bits per heavy atom. The van der Waals surface area contributed by atoms with Crippen LogP contribution in [0.25, 0.3) is 0 Å². The first-order valence-corrected chi connectivity index (χ1v) is 8.23. The van der Waals surface area contributed by atoms with Crippen LogP contribution in [-0.4, -0.2) is 35.1 Å². The smallest absolute Gasteiger partial charge is 0.0528 e. The second-order valence-electron chi connectivity index (χ2n) is 6.53. The lowest BCUT2D eigenvalue weighted by Crippen LogP contribution is -2.48. The molecule has 1 aliphatic carbocycles. The minimum atomic E-state index is 0.620. The van der Waals surface area contributed by atoms with Crippen LogP contribution in [0.1, 0.15) is 45.4 Å². The van der Waals surface area contributed by atoms with Crippen LogP contribution in [-0.2, 0) is 0 Å². The Hall–Kier alpha value is -1.09. The molecule has 0 amide bonds. The molecule has 3 rings (SSSR count). The maximum atomic E-state index is 4.18. The van der Waals surface area contributed by atoms with E-state index >= 15 is 0 Å². The number of aromatic nitrogens is 1. The number of hydrogen-bond donors (Lipinski definition) is 1. The zero-order valence-electron chi connectivity index (χ0n) is 12.6. The molecular formula is C17H27N3. The summed E-state index contributed by atoms with van der Waals surface area (Å²) in [5.74, 6) is 0.895. The molecule has 0 radical (unpaired) electrons. The quantitative estimate of drug-likeness (QED) is 0.913. The van der Waals surface area contributed by atoms with Gasteiger partial charge in [-0.1, -0.05) is 19.8 Å². The number of pyridine rings is 1. The van der Waals surface area contributed by atoms with Gasteiger partial charge in [0.25, 0.3) is 0 Å². The molecular weight excluding hydrogens is 246 g/mol. The molecule has 0 aromatic carbocycles. The van der Waals surface area contributed by atoms with Gasteiger partial charge in [0, 0.05) is 37.6 Å². The van der Waals surface area contributed by atoms with Crippen LogP contribution in [0, 0.1) is 5.92 Å². The standard InChI is InChI=1S/C17H27N3/c1-14-5-2-3-7-17(14)20-11-8-15(9-12-20)19-16-6-4-10-18-13-16/h4,6,10,13-15,17,19H,2-3,5,7-9,11-12H2,1H3. The molecule has 2 unspecified atom stereocenters. The highest BCUT2D eigenvalue weighted by Gasteiger charge is 2.30. The Balaban J connectivity index is 1.49. The molecule has 3 nitrogen and oxygen atoms in total. The van der Waals surface area contributed by atoms with Crippen LogP contribution in [0.15, 0.2) is 24.5 Å². The third kappa shape index (κ3) is 3.32. The summed E-state index contributed by atoms with van der Waals surface area (Å²) in [4.78, 5) is 6.93. The largest absolute Gasteiger partial charge is 0.381 e. The lowest BCUT2D eigenvalue weighted by atomic mass is 9.84. The van der Waals surface area contributed by atoms with Gasteiger partial charge in [0.1, 0.15) is 0 Å². The molecule has 2 aliphatic rings. The Labute approximate surface area is 122 Å². The molecule has 3 heteroatoms. The van der Waals surface area contributed by atoms with E-state index in [0.29, 0.717) is 6.04 Å². The minimum Gasteiger partial charge on any atom is -0.381 e. The van der Waals surface area contributed by atoms with E-state index in [0.717, 1.165) is 17.6 Å². The molecule has 1 aromatic heterocycles. The predicted octanol–water partition coefficient (Wildman–Crippen LogP) is 3.54. The number of nitrogens with zero attached hydrogens (tertiary/aromatic N) is 2. The van der Waals surface area contributed by atoms with E-state index < -0.39 is 0 Å². The summed E-state index contributed by atoms with van der Waals surface area (Å²) in [7, 11) is 0. The zero-order chi connectivity index (χ0) is 13.8. The Morgan fingerprint density at radius 3 is 2.65 bits per heavy atom. The van der Waals surface area contributed by atoms with Crippen molar-refractivity contribution in [3.05, 3.63) is 24.5 Å². The normalized spacial score (nSPS) is 29.2. The van der Waals surface area contributed by atoms with Crippen LogP contribution >= 0.6 is 0 Å². The number of anilines is 1. The lowest BCUT2D eigenvalue weighted by Gasteiger charge is -2.42. The predicted molar refractivity (Wildman–Crippen MR) is 83.9 cm³/mol. The highest BCUT2D eigenvalue weighted by Crippen LogP contribution is 2.30. The first-order chi connectivity index (χ1) is 9.83. The van der Waals surface area contributed by atoms with Crippen molar-refractivity contribution in [2.24, 2.45) is 5.92 Å². The molecule has 20 heavy (non-hydrogen) atoms. The fourth-order valence-corrected chi connectivity index (χ4v) is 3.90. The molecule has 0 bridgehead atoms. The van der Waals surface area contributed by atoms with Crippen LogP contribution < -0.4 is 5.32 Å². The van der Waals surface area contributed by atoms with Gasteiger partial charge in [-0.3, -0.25) is 9.88 Å². The van der Waals surface area contributed by atoms with Gasteiger partial charge in [-0.2, -0.15) is 0 Å². The first kappa shape index (κ1) is 13.9. The molecule has 110 valence electrons. The molecule has 0 spiro atoms. The summed E-state index contributed by atoms with van der Waals surface area (Å²) in [6.45, 7) is 4.96. The average molecular weight is 273 g/mol. The summed E-state index contributed by atoms with van der Waals surface area (Å²) in [5.41, 5.74) is 1.16. The van der Waals surface area contributed by atoms with E-state index in [-0.39, 0.29) is 0 Å². The molecule has 1 saturated carbocycles. The summed E-state index contributed by atoms with van der Waals surface area (Å²) < 4.78 is 0. The second-order valence-corrected chi connectivity index (χ2v) is 6.53. The van der Waals surface area contributed by atoms with Crippen LogP contribution in [0.3, 0.4) is 0 Å². The third-order valence-corrected chi connectivity index (χ3v) is 5.10. The van der Waals surface area contributed by atoms with Crippen LogP contribution in [0.5, 0.6) is 0 Å². The molecule has 1 aromatic rings. The number of nitrogens with one attached hydrogen (secondary N) is 1. The van der Waals surface area contributed by atoms with Gasteiger partial charge in [-0.15, -0.1) is 0 Å². The van der Waals surface area contributed by atoms with Gasteiger partial charge >= 0.3 is 0 Å². The van der Waals surface area contributed by atoms with Gasteiger partial charge in [-0.25, -0.2) is 0 Å². The van der Waals surface area contributed by atoms with E-state index in [9.17, 15) is 0 Å². The highest BCUT2D eigenvalue weighted by molar-refractivity contribution is 5.40. The maximum absolute atomic E-state index is 4.18. The van der Waals surface area contributed by atoms with Crippen molar-refractivity contribution in [2.45, 2.75) is 57.5 Å². The van der Waals surface area contributed by atoms with E-state index in [4.69, 9.17) is 0 Å². The van der Waals surface area contributed by atoms with Crippen molar-refractivity contribution in [3.8, 4) is 0 Å². The van der Waals surface area contributed by atoms with E-state index in [1.165, 1.54) is 51.6 Å². The van der Waals surface area contributed by atoms with Gasteiger partial charge in [0.2, 0.25) is 0 Å². The second kappa shape index (κ2) is 6.57. The van der Waals surface area contributed by atoms with Gasteiger partial charge in [-0.05, 0) is 43.7 Å². The van der Waals surface area contributed by atoms with Gasteiger partial charge in [0.05, 0.1) is 5.69 Å². The van der Waals surface area contributed by atoms with Crippen molar-refractivity contribution >= 4 is 5.69 Å². The molecule has 2 fully saturated rings. The third-order valence-electron chi connectivity index (χ3n) is 5.10. The SMILES string of the molecule is CC1CCCCC1N1CCC(Nc2cccnc2)CC1. The topological polar surface area (TPSA) is 28.2 Å². The summed E-state index contributed by atoms with van der Waals surface area (Å²) in [5, 5.41) is 3.63. The van der Waals surface area contributed by atoms with Crippen LogP contribution in [0.4, 0.5) is 5.69 Å². The molecule has 1 aliphatic heterocycles. The average Bonchev–Trinajstić information content (AvgIpc) is 2.50. The Bertz CT molecular complexity index is 398. The molecule has 1 saturated heterocycles. The van der Waals surface area contributed by atoms with Crippen molar-refractivity contribution in [3.63, 3.8) is 0 Å². The highest BCUT2D eigenvalue weighted by atomic mass is 15.2. The van der Waals surface area contributed by atoms with Gasteiger partial charge in [0.15, 0.2) is 0 Å². The van der Waals surface area contributed by atoms with E-state index in [2.05, 4.69) is 28.2 Å². The zero-order valence-corrected chi connectivity index (χ0v) is 12.6. The molecule has 2 heterocycles. The summed E-state index contributed by atoms with van der Waals surface area (Å²) in [6.07, 6.45) is 12.0. The summed E-state index contributed by atoms with van der Waals surface area (Å²) >= 11 is 0. The number of rotatable bonds is 3. The minimum absolute atomic E-state index is 0.620. The monoisotopic (exact) mass is 273 g/mol. The van der Waals surface area contributed by atoms with Crippen molar-refractivity contribution in [1.82, 2.24) is 9.88 Å². The Kier molecular flexibility index (Phi) is 4.56. The first-order valence-electron chi connectivity index (χ1n) is 8.23. The van der Waals surface area contributed by atoms with Crippen molar-refractivity contribution < 1.29 is 0 Å². The van der Waals surface area contributed by atoms with E-state index in [1.807, 2.05) is 18.5 Å². The number of hydrogen-bond acceptors (Lipinski definition) is 3. The Morgan fingerprint density at radius 2 is 1.95 bits per heavy atom. The fraction of sp³-hybridized carbons (Fsp3) is 0.706. The number of piperidine rings is 1. The van der Waals surface area contributed by atoms with Gasteiger partial charge < -0.3 is 5.32 Å². The lowest BCUT2D eigenvalue weighted by molar-refractivity contribution is 0.0887. The maximum Gasteiger partial charge on any atom is 0.0528 e. The van der Waals surface area contributed by atoms with Crippen molar-refractivity contribution in [1.29, 1.82) is 0 Å². The molecule has 2 atom stereocenters. The van der Waals surface area contributed by atoms with Crippen molar-refractivity contribution in [2.75, 3.05) is 18.4 Å². The molecule has 1 N–H and O–H groups in total. The number of likely N-dealkylation sites (tertiary alicyclic amines) is 1. The van der Waals surface area contributed by atoms with Crippen LogP contribution in [0.2, 0.25) is 0 Å². The van der Waals surface area contributed by atoms with E-state index in [1.54, 1.807) is 0 Å². The fourth-order valence-electron chi connectivity index (χ4n) is 3.90.